The molecule has 2 rings (SSSR count). The number of nitrogens with one attached hydrogen (secondary N) is 1. The summed E-state index contributed by atoms with van der Waals surface area (Å²) < 4.78 is 1.76. The molecular formula is C10H15N5. The molecule has 0 aromatic carbocycles. The largest absolute Gasteiger partial charge is 0.307 e. The Morgan fingerprint density at radius 3 is 3.13 bits per heavy atom. The molecule has 0 spiro atoms. The van der Waals surface area contributed by atoms with Gasteiger partial charge in [0.1, 0.15) is 0 Å². The SMILES string of the molecule is CCC(C)NCc1nnc2cccnn12. The van der Waals surface area contributed by atoms with Crippen LogP contribution in [0.3, 0.4) is 0 Å². The van der Waals surface area contributed by atoms with Crippen molar-refractivity contribution in [3.63, 3.8) is 0 Å². The lowest BCUT2D eigenvalue weighted by molar-refractivity contribution is 0.517. The van der Waals surface area contributed by atoms with Gasteiger partial charge in [-0.1, -0.05) is 6.92 Å². The van der Waals surface area contributed by atoms with Crippen LogP contribution in [0, 0.1) is 0 Å². The fourth-order valence-electron chi connectivity index (χ4n) is 1.31. The van der Waals surface area contributed by atoms with E-state index >= 15 is 0 Å². The van der Waals surface area contributed by atoms with Gasteiger partial charge in [-0.15, -0.1) is 10.2 Å². The van der Waals surface area contributed by atoms with Gasteiger partial charge >= 0.3 is 0 Å². The number of nitrogens with zero attached hydrogens (tertiary/aromatic N) is 4. The first-order chi connectivity index (χ1) is 7.31. The van der Waals surface area contributed by atoms with E-state index in [1.807, 2.05) is 12.1 Å². The van der Waals surface area contributed by atoms with E-state index in [0.717, 1.165) is 17.9 Å². The minimum absolute atomic E-state index is 0.487. The van der Waals surface area contributed by atoms with Crippen LogP contribution in [0.15, 0.2) is 18.3 Å². The van der Waals surface area contributed by atoms with Crippen LogP contribution in [-0.4, -0.2) is 25.9 Å². The van der Waals surface area contributed by atoms with Gasteiger partial charge in [0.15, 0.2) is 11.5 Å². The summed E-state index contributed by atoms with van der Waals surface area (Å²) in [5, 5.41) is 15.7. The Morgan fingerprint density at radius 2 is 2.33 bits per heavy atom. The maximum absolute atomic E-state index is 4.20. The molecule has 2 heterocycles. The van der Waals surface area contributed by atoms with E-state index in [2.05, 4.69) is 34.5 Å². The summed E-state index contributed by atoms with van der Waals surface area (Å²) in [6.45, 7) is 5.00. The zero-order valence-electron chi connectivity index (χ0n) is 9.01. The van der Waals surface area contributed by atoms with Crippen molar-refractivity contribution in [2.45, 2.75) is 32.9 Å². The number of aromatic nitrogens is 4. The minimum Gasteiger partial charge on any atom is -0.307 e. The predicted octanol–water partition coefficient (Wildman–Crippen LogP) is 1.01. The van der Waals surface area contributed by atoms with Gasteiger partial charge in [-0.25, -0.2) is 0 Å². The Kier molecular flexibility index (Phi) is 2.91. The fourth-order valence-corrected chi connectivity index (χ4v) is 1.31. The number of fused-ring (bicyclic) bond motifs is 1. The highest BCUT2D eigenvalue weighted by molar-refractivity contribution is 5.34. The van der Waals surface area contributed by atoms with E-state index in [-0.39, 0.29) is 0 Å². The Bertz CT molecular complexity index is 436. The molecule has 2 aromatic heterocycles. The molecule has 0 saturated carbocycles. The summed E-state index contributed by atoms with van der Waals surface area (Å²) in [6, 6.07) is 4.24. The third-order valence-corrected chi connectivity index (χ3v) is 2.46. The van der Waals surface area contributed by atoms with Crippen molar-refractivity contribution in [1.29, 1.82) is 0 Å². The zero-order chi connectivity index (χ0) is 10.7. The van der Waals surface area contributed by atoms with E-state index in [0.29, 0.717) is 12.6 Å². The molecule has 0 aliphatic carbocycles. The Balaban J connectivity index is 2.14. The van der Waals surface area contributed by atoms with Gasteiger partial charge in [0, 0.05) is 12.2 Å². The molecule has 1 atom stereocenters. The van der Waals surface area contributed by atoms with Crippen LogP contribution in [0.4, 0.5) is 0 Å². The third-order valence-electron chi connectivity index (χ3n) is 2.46. The quantitative estimate of drug-likeness (QED) is 0.809. The first-order valence-electron chi connectivity index (χ1n) is 5.20. The third kappa shape index (κ3) is 2.12. The molecule has 0 aliphatic rings. The lowest BCUT2D eigenvalue weighted by Crippen LogP contribution is -2.25. The first kappa shape index (κ1) is 10.0. The summed E-state index contributed by atoms with van der Waals surface area (Å²) in [7, 11) is 0. The summed E-state index contributed by atoms with van der Waals surface area (Å²) in [6.07, 6.45) is 2.84. The molecule has 0 amide bonds. The molecule has 0 aliphatic heterocycles. The summed E-state index contributed by atoms with van der Waals surface area (Å²) >= 11 is 0. The highest BCUT2D eigenvalue weighted by Crippen LogP contribution is 2.00. The van der Waals surface area contributed by atoms with Crippen LogP contribution >= 0.6 is 0 Å². The monoisotopic (exact) mass is 205 g/mol. The van der Waals surface area contributed by atoms with Gasteiger partial charge in [-0.05, 0) is 25.5 Å². The van der Waals surface area contributed by atoms with E-state index in [1.165, 1.54) is 0 Å². The smallest absolute Gasteiger partial charge is 0.177 e. The second-order valence-electron chi connectivity index (χ2n) is 3.60. The Morgan fingerprint density at radius 1 is 1.47 bits per heavy atom. The minimum atomic E-state index is 0.487. The summed E-state index contributed by atoms with van der Waals surface area (Å²) in [4.78, 5) is 0. The van der Waals surface area contributed by atoms with E-state index < -0.39 is 0 Å². The second kappa shape index (κ2) is 4.35. The lowest BCUT2D eigenvalue weighted by Gasteiger charge is -2.09. The van der Waals surface area contributed by atoms with Crippen LogP contribution in [0.5, 0.6) is 0 Å². The van der Waals surface area contributed by atoms with Crippen LogP contribution in [-0.2, 0) is 6.54 Å². The van der Waals surface area contributed by atoms with Gasteiger partial charge in [0.05, 0.1) is 6.54 Å². The van der Waals surface area contributed by atoms with Gasteiger partial charge in [0.2, 0.25) is 0 Å². The van der Waals surface area contributed by atoms with Crippen LogP contribution < -0.4 is 5.32 Å². The average Bonchev–Trinajstić information content (AvgIpc) is 2.69. The van der Waals surface area contributed by atoms with Crippen molar-refractivity contribution in [2.75, 3.05) is 0 Å². The van der Waals surface area contributed by atoms with Crippen molar-refractivity contribution in [3.05, 3.63) is 24.2 Å². The number of hydrogen-bond acceptors (Lipinski definition) is 4. The molecule has 0 radical (unpaired) electrons. The molecule has 0 bridgehead atoms. The highest BCUT2D eigenvalue weighted by Gasteiger charge is 2.06. The molecule has 5 nitrogen and oxygen atoms in total. The second-order valence-corrected chi connectivity index (χ2v) is 3.60. The number of hydrogen-bond donors (Lipinski definition) is 1. The lowest BCUT2D eigenvalue weighted by atomic mass is 10.2. The molecule has 1 N–H and O–H groups in total. The summed E-state index contributed by atoms with van der Waals surface area (Å²) in [5.41, 5.74) is 0.790. The van der Waals surface area contributed by atoms with Crippen molar-refractivity contribution >= 4 is 5.65 Å². The molecule has 5 heteroatoms. The van der Waals surface area contributed by atoms with Crippen LogP contribution in [0.25, 0.3) is 5.65 Å². The van der Waals surface area contributed by atoms with Crippen molar-refractivity contribution < 1.29 is 0 Å². The molecule has 0 saturated heterocycles. The average molecular weight is 205 g/mol. The normalized spacial score (nSPS) is 13.2. The highest BCUT2D eigenvalue weighted by atomic mass is 15.4. The van der Waals surface area contributed by atoms with Crippen molar-refractivity contribution in [1.82, 2.24) is 25.1 Å². The molecule has 15 heavy (non-hydrogen) atoms. The number of rotatable bonds is 4. The first-order valence-corrected chi connectivity index (χ1v) is 5.20. The fraction of sp³-hybridized carbons (Fsp3) is 0.500. The molecule has 1 unspecified atom stereocenters. The Labute approximate surface area is 88.5 Å². The maximum atomic E-state index is 4.20. The standard InChI is InChI=1S/C10H15N5/c1-3-8(2)11-7-10-14-13-9-5-4-6-12-15(9)10/h4-6,8,11H,3,7H2,1-2H3. The van der Waals surface area contributed by atoms with E-state index in [9.17, 15) is 0 Å². The predicted molar refractivity (Wildman–Crippen MR) is 57.4 cm³/mol. The van der Waals surface area contributed by atoms with Gasteiger partial charge < -0.3 is 5.32 Å². The topological polar surface area (TPSA) is 55.1 Å². The van der Waals surface area contributed by atoms with E-state index in [1.54, 1.807) is 10.7 Å². The van der Waals surface area contributed by atoms with Gasteiger partial charge in [0.25, 0.3) is 0 Å². The van der Waals surface area contributed by atoms with Crippen molar-refractivity contribution in [2.24, 2.45) is 0 Å². The van der Waals surface area contributed by atoms with Crippen LogP contribution in [0.1, 0.15) is 26.1 Å². The molecule has 0 fully saturated rings. The molecular weight excluding hydrogens is 190 g/mol. The maximum Gasteiger partial charge on any atom is 0.177 e. The summed E-state index contributed by atoms with van der Waals surface area (Å²) in [5.74, 6) is 0.853. The van der Waals surface area contributed by atoms with Gasteiger partial charge in [-0.2, -0.15) is 9.61 Å². The van der Waals surface area contributed by atoms with Gasteiger partial charge in [-0.3, -0.25) is 0 Å². The van der Waals surface area contributed by atoms with Crippen LogP contribution in [0.2, 0.25) is 0 Å². The molecule has 2 aromatic rings. The van der Waals surface area contributed by atoms with Crippen molar-refractivity contribution in [3.8, 4) is 0 Å². The van der Waals surface area contributed by atoms with E-state index in [4.69, 9.17) is 0 Å². The molecule has 80 valence electrons. The zero-order valence-corrected chi connectivity index (χ0v) is 9.01. The Hall–Kier alpha value is -1.49.